The third kappa shape index (κ3) is 6.79. The van der Waals surface area contributed by atoms with Crippen molar-refractivity contribution in [2.24, 2.45) is 0 Å². The SMILES string of the molecule is Cc1cc(C)cc(OCCN(C)C(=O)CCCC(=O)O)c1. The molecule has 0 unspecified atom stereocenters. The second-order valence-corrected chi connectivity index (χ2v) is 5.23. The highest BCUT2D eigenvalue weighted by molar-refractivity contribution is 5.76. The molecule has 0 atom stereocenters. The van der Waals surface area contributed by atoms with Crippen LogP contribution in [0, 0.1) is 13.8 Å². The van der Waals surface area contributed by atoms with Crippen molar-refractivity contribution < 1.29 is 19.4 Å². The zero-order chi connectivity index (χ0) is 15.8. The van der Waals surface area contributed by atoms with Crippen molar-refractivity contribution in [2.75, 3.05) is 20.2 Å². The van der Waals surface area contributed by atoms with Crippen molar-refractivity contribution in [3.63, 3.8) is 0 Å². The molecule has 1 aromatic rings. The summed E-state index contributed by atoms with van der Waals surface area (Å²) in [5.41, 5.74) is 2.28. The van der Waals surface area contributed by atoms with Crippen LogP contribution in [0.1, 0.15) is 30.4 Å². The number of hydrogen-bond donors (Lipinski definition) is 1. The van der Waals surface area contributed by atoms with Gasteiger partial charge in [-0.2, -0.15) is 0 Å². The van der Waals surface area contributed by atoms with Gasteiger partial charge in [-0.05, 0) is 43.5 Å². The molecule has 0 saturated heterocycles. The molecule has 0 aromatic heterocycles. The first kappa shape index (κ1) is 17.0. The van der Waals surface area contributed by atoms with E-state index in [1.54, 1.807) is 11.9 Å². The van der Waals surface area contributed by atoms with Crippen LogP contribution in [0.3, 0.4) is 0 Å². The Morgan fingerprint density at radius 3 is 2.33 bits per heavy atom. The predicted molar refractivity (Wildman–Crippen MR) is 80.5 cm³/mol. The number of carbonyl (C=O) groups excluding carboxylic acids is 1. The first-order valence-corrected chi connectivity index (χ1v) is 7.05. The molecule has 1 amide bonds. The van der Waals surface area contributed by atoms with Gasteiger partial charge in [-0.1, -0.05) is 6.07 Å². The van der Waals surface area contributed by atoms with Crippen molar-refractivity contribution in [1.29, 1.82) is 0 Å². The van der Waals surface area contributed by atoms with E-state index in [4.69, 9.17) is 9.84 Å². The summed E-state index contributed by atoms with van der Waals surface area (Å²) >= 11 is 0. The molecule has 1 aromatic carbocycles. The van der Waals surface area contributed by atoms with Crippen LogP contribution in [0.25, 0.3) is 0 Å². The summed E-state index contributed by atoms with van der Waals surface area (Å²) in [5, 5.41) is 8.53. The molecular weight excluding hydrogens is 270 g/mol. The molecule has 0 aliphatic carbocycles. The highest BCUT2D eigenvalue weighted by atomic mass is 16.5. The number of carbonyl (C=O) groups is 2. The molecule has 0 radical (unpaired) electrons. The Bertz CT molecular complexity index is 479. The molecule has 0 saturated carbocycles. The highest BCUT2D eigenvalue weighted by Crippen LogP contribution is 2.16. The summed E-state index contributed by atoms with van der Waals surface area (Å²) in [6, 6.07) is 5.99. The highest BCUT2D eigenvalue weighted by Gasteiger charge is 2.09. The predicted octanol–water partition coefficient (Wildman–Crippen LogP) is 2.40. The van der Waals surface area contributed by atoms with Crippen LogP contribution >= 0.6 is 0 Å². The van der Waals surface area contributed by atoms with Gasteiger partial charge >= 0.3 is 5.97 Å². The number of rotatable bonds is 8. The smallest absolute Gasteiger partial charge is 0.303 e. The molecule has 5 nitrogen and oxygen atoms in total. The van der Waals surface area contributed by atoms with Gasteiger partial charge in [0.15, 0.2) is 0 Å². The van der Waals surface area contributed by atoms with Crippen LogP contribution in [0.5, 0.6) is 5.75 Å². The number of likely N-dealkylation sites (N-methyl/N-ethyl adjacent to an activating group) is 1. The van der Waals surface area contributed by atoms with Crippen LogP contribution in [-0.2, 0) is 9.59 Å². The molecule has 0 aliphatic heterocycles. The molecule has 1 N–H and O–H groups in total. The third-order valence-electron chi connectivity index (χ3n) is 3.10. The fraction of sp³-hybridized carbons (Fsp3) is 0.500. The summed E-state index contributed by atoms with van der Waals surface area (Å²) in [7, 11) is 1.70. The average Bonchev–Trinajstić information content (AvgIpc) is 2.36. The molecular formula is C16H23NO4. The Balaban J connectivity index is 2.30. The Hall–Kier alpha value is -2.04. The van der Waals surface area contributed by atoms with E-state index >= 15 is 0 Å². The number of nitrogens with zero attached hydrogens (tertiary/aromatic N) is 1. The number of amides is 1. The topological polar surface area (TPSA) is 66.8 Å². The summed E-state index contributed by atoms with van der Waals surface area (Å²) in [5.74, 6) is -0.122. The maximum atomic E-state index is 11.8. The lowest BCUT2D eigenvalue weighted by Crippen LogP contribution is -2.30. The molecule has 0 aliphatic rings. The van der Waals surface area contributed by atoms with Crippen LogP contribution in [0.4, 0.5) is 0 Å². The molecule has 0 fully saturated rings. The van der Waals surface area contributed by atoms with Gasteiger partial charge in [0.25, 0.3) is 0 Å². The second kappa shape index (κ2) is 8.29. The average molecular weight is 293 g/mol. The monoisotopic (exact) mass is 293 g/mol. The fourth-order valence-corrected chi connectivity index (χ4v) is 2.02. The molecule has 21 heavy (non-hydrogen) atoms. The minimum Gasteiger partial charge on any atom is -0.492 e. The van der Waals surface area contributed by atoms with Gasteiger partial charge in [-0.25, -0.2) is 0 Å². The first-order chi connectivity index (χ1) is 9.88. The number of hydrogen-bond acceptors (Lipinski definition) is 3. The van der Waals surface area contributed by atoms with Gasteiger partial charge in [-0.15, -0.1) is 0 Å². The van der Waals surface area contributed by atoms with E-state index in [0.29, 0.717) is 19.6 Å². The van der Waals surface area contributed by atoms with Crippen molar-refractivity contribution in [3.05, 3.63) is 29.3 Å². The molecule has 5 heteroatoms. The molecule has 0 heterocycles. The third-order valence-corrected chi connectivity index (χ3v) is 3.10. The normalized spacial score (nSPS) is 10.2. The largest absolute Gasteiger partial charge is 0.492 e. The van der Waals surface area contributed by atoms with Gasteiger partial charge in [0.1, 0.15) is 12.4 Å². The number of aryl methyl sites for hydroxylation is 2. The number of carboxylic acid groups (broad SMARTS) is 1. The summed E-state index contributed by atoms with van der Waals surface area (Å²) in [6.07, 6.45) is 0.654. The molecule has 1 rings (SSSR count). The summed E-state index contributed by atoms with van der Waals surface area (Å²) in [6.45, 7) is 4.93. The van der Waals surface area contributed by atoms with E-state index in [1.165, 1.54) is 0 Å². The summed E-state index contributed by atoms with van der Waals surface area (Å²) in [4.78, 5) is 23.7. The first-order valence-electron chi connectivity index (χ1n) is 7.05. The van der Waals surface area contributed by atoms with Crippen LogP contribution in [0.15, 0.2) is 18.2 Å². The van der Waals surface area contributed by atoms with Gasteiger partial charge in [0.05, 0.1) is 6.54 Å². The van der Waals surface area contributed by atoms with Crippen molar-refractivity contribution in [2.45, 2.75) is 33.1 Å². The maximum Gasteiger partial charge on any atom is 0.303 e. The second-order valence-electron chi connectivity index (χ2n) is 5.23. The van der Waals surface area contributed by atoms with E-state index < -0.39 is 5.97 Å². The Labute approximate surface area is 125 Å². The van der Waals surface area contributed by atoms with E-state index in [0.717, 1.165) is 16.9 Å². The standard InChI is InChI=1S/C16H23NO4/c1-12-9-13(2)11-14(10-12)21-8-7-17(3)15(18)5-4-6-16(19)20/h9-11H,4-8H2,1-3H3,(H,19,20). The molecule has 116 valence electrons. The molecule has 0 bridgehead atoms. The van der Waals surface area contributed by atoms with Crippen molar-refractivity contribution in [3.8, 4) is 5.75 Å². The fourth-order valence-electron chi connectivity index (χ4n) is 2.02. The van der Waals surface area contributed by atoms with Crippen molar-refractivity contribution >= 4 is 11.9 Å². The minimum atomic E-state index is -0.872. The number of aliphatic carboxylic acids is 1. The number of benzene rings is 1. The van der Waals surface area contributed by atoms with E-state index in [-0.39, 0.29) is 18.7 Å². The Morgan fingerprint density at radius 1 is 1.14 bits per heavy atom. The lowest BCUT2D eigenvalue weighted by atomic mass is 10.1. The van der Waals surface area contributed by atoms with Gasteiger partial charge < -0.3 is 14.7 Å². The van der Waals surface area contributed by atoms with Gasteiger partial charge in [0.2, 0.25) is 5.91 Å². The lowest BCUT2D eigenvalue weighted by molar-refractivity contribution is -0.137. The van der Waals surface area contributed by atoms with Gasteiger partial charge in [-0.3, -0.25) is 9.59 Å². The summed E-state index contributed by atoms with van der Waals surface area (Å²) < 4.78 is 5.64. The number of ether oxygens (including phenoxy) is 1. The Morgan fingerprint density at radius 2 is 1.76 bits per heavy atom. The Kier molecular flexibility index (Phi) is 6.72. The van der Waals surface area contributed by atoms with Crippen LogP contribution in [-0.4, -0.2) is 42.1 Å². The van der Waals surface area contributed by atoms with Crippen molar-refractivity contribution in [1.82, 2.24) is 4.90 Å². The number of carboxylic acids is 1. The van der Waals surface area contributed by atoms with E-state index in [2.05, 4.69) is 6.07 Å². The molecule has 0 spiro atoms. The van der Waals surface area contributed by atoms with Gasteiger partial charge in [0, 0.05) is 19.9 Å². The zero-order valence-electron chi connectivity index (χ0n) is 12.9. The van der Waals surface area contributed by atoms with E-state index in [9.17, 15) is 9.59 Å². The van der Waals surface area contributed by atoms with Crippen LogP contribution < -0.4 is 4.74 Å². The van der Waals surface area contributed by atoms with E-state index in [1.807, 2.05) is 26.0 Å². The lowest BCUT2D eigenvalue weighted by Gasteiger charge is -2.17. The zero-order valence-corrected chi connectivity index (χ0v) is 12.9. The van der Waals surface area contributed by atoms with Crippen LogP contribution in [0.2, 0.25) is 0 Å². The maximum absolute atomic E-state index is 11.8. The minimum absolute atomic E-state index is 0.0264. The quantitative estimate of drug-likeness (QED) is 0.799.